The summed E-state index contributed by atoms with van der Waals surface area (Å²) < 4.78 is 4.58. The summed E-state index contributed by atoms with van der Waals surface area (Å²) in [6, 6.07) is 65.5. The average molecular weight is 782 g/mol. The van der Waals surface area contributed by atoms with Crippen LogP contribution in [0.3, 0.4) is 0 Å². The first-order valence-corrected chi connectivity index (χ1v) is 20.9. The minimum Gasteiger partial charge on any atom is -0.309 e. The monoisotopic (exact) mass is 781 g/mol. The summed E-state index contributed by atoms with van der Waals surface area (Å²) in [6.45, 7) is 0. The summed E-state index contributed by atoms with van der Waals surface area (Å²) in [6.07, 6.45) is 3.76. The van der Waals surface area contributed by atoms with Gasteiger partial charge in [-0.15, -0.1) is 0 Å². The second kappa shape index (κ2) is 12.4. The van der Waals surface area contributed by atoms with Crippen molar-refractivity contribution < 1.29 is 0 Å². The molecule has 0 unspecified atom stereocenters. The largest absolute Gasteiger partial charge is 0.309 e. The molecule has 2 aliphatic rings. The van der Waals surface area contributed by atoms with Crippen LogP contribution in [-0.4, -0.2) is 19.1 Å². The first kappa shape index (κ1) is 33.3. The summed E-state index contributed by atoms with van der Waals surface area (Å²) in [4.78, 5) is 12.3. The molecule has 0 N–H and O–H groups in total. The van der Waals surface area contributed by atoms with E-state index in [4.69, 9.17) is 9.97 Å². The summed E-state index contributed by atoms with van der Waals surface area (Å²) >= 11 is 1.83. The van der Waals surface area contributed by atoms with Crippen LogP contribution in [0.25, 0.3) is 77.5 Å². The molecule has 0 amide bonds. The van der Waals surface area contributed by atoms with Gasteiger partial charge in [0, 0.05) is 49.4 Å². The van der Waals surface area contributed by atoms with E-state index in [0.717, 1.165) is 66.7 Å². The fourth-order valence-corrected chi connectivity index (χ4v) is 11.5. The molecule has 6 heteroatoms. The van der Waals surface area contributed by atoms with Gasteiger partial charge in [-0.25, -0.2) is 0 Å². The van der Waals surface area contributed by atoms with Gasteiger partial charge in [0.2, 0.25) is 0 Å². The second-order valence-electron chi connectivity index (χ2n) is 15.6. The highest BCUT2D eigenvalue weighted by Crippen LogP contribution is 2.61. The Kier molecular flexibility index (Phi) is 6.87. The number of para-hydroxylation sites is 3. The van der Waals surface area contributed by atoms with Crippen molar-refractivity contribution in [1.29, 1.82) is 5.26 Å². The maximum atomic E-state index is 10.6. The Balaban J connectivity index is 1.02. The molecule has 11 aromatic rings. The molecular weight excluding hydrogens is 751 g/mol. The number of aromatic nitrogens is 4. The van der Waals surface area contributed by atoms with Crippen molar-refractivity contribution in [2.24, 2.45) is 0 Å². The number of nitriles is 1. The molecule has 13 rings (SSSR count). The number of hydrogen-bond acceptors (Lipinski definition) is 4. The van der Waals surface area contributed by atoms with Crippen LogP contribution >= 0.6 is 11.8 Å². The van der Waals surface area contributed by atoms with Gasteiger partial charge in [-0.2, -0.15) is 5.26 Å². The maximum Gasteiger partial charge on any atom is 0.101 e. The summed E-state index contributed by atoms with van der Waals surface area (Å²) in [5.74, 6) is 0. The Morgan fingerprint density at radius 3 is 1.70 bits per heavy atom. The molecule has 0 bridgehead atoms. The zero-order chi connectivity index (χ0) is 39.5. The molecule has 0 radical (unpaired) electrons. The van der Waals surface area contributed by atoms with Gasteiger partial charge in [-0.3, -0.25) is 9.97 Å². The standard InChI is InChI=1S/C54H31N5S/c55-32-35-21-24-36(58-45-17-5-1-11-37(45)38-12-2-6-18-46(38)58)31-49(35)59-47-19-7-3-13-39(47)40-29-33(22-25-48(40)59)34-23-26-51-44(30-34)54(41-14-4-8-20-50(41)60-51)42-15-9-27-56-52(42)53-43(54)16-10-28-57-53/h1-31H. The number of benzene rings is 7. The van der Waals surface area contributed by atoms with Gasteiger partial charge in [0.1, 0.15) is 6.07 Å². The van der Waals surface area contributed by atoms with E-state index in [9.17, 15) is 5.26 Å². The van der Waals surface area contributed by atoms with Gasteiger partial charge in [0.05, 0.1) is 50.1 Å². The first-order valence-electron chi connectivity index (χ1n) is 20.1. The van der Waals surface area contributed by atoms with Crippen LogP contribution < -0.4 is 0 Å². The van der Waals surface area contributed by atoms with Crippen LogP contribution in [0.4, 0.5) is 0 Å². The SMILES string of the molecule is N#Cc1ccc(-n2c3ccccc3c3ccccc32)cc1-n1c2ccccc2c2cc(-c3ccc4c(c3)C3(c5ccccc5S4)c4cccnc4-c4ncccc43)ccc21. The van der Waals surface area contributed by atoms with Crippen molar-refractivity contribution in [2.75, 3.05) is 0 Å². The smallest absolute Gasteiger partial charge is 0.101 e. The highest BCUT2D eigenvalue weighted by atomic mass is 32.2. The normalized spacial score (nSPS) is 13.4. The van der Waals surface area contributed by atoms with Crippen molar-refractivity contribution in [3.63, 3.8) is 0 Å². The van der Waals surface area contributed by atoms with Gasteiger partial charge >= 0.3 is 0 Å². The lowest BCUT2D eigenvalue weighted by Gasteiger charge is -2.39. The Morgan fingerprint density at radius 1 is 0.450 bits per heavy atom. The summed E-state index contributed by atoms with van der Waals surface area (Å²) in [7, 11) is 0. The third-order valence-corrected chi connectivity index (χ3v) is 13.9. The molecule has 0 saturated heterocycles. The first-order chi connectivity index (χ1) is 29.7. The highest BCUT2D eigenvalue weighted by molar-refractivity contribution is 7.99. The molecule has 0 atom stereocenters. The van der Waals surface area contributed by atoms with Crippen molar-refractivity contribution in [3.8, 4) is 40.0 Å². The lowest BCUT2D eigenvalue weighted by Crippen LogP contribution is -2.32. The Hall–Kier alpha value is -7.72. The fourth-order valence-electron chi connectivity index (χ4n) is 10.3. The lowest BCUT2D eigenvalue weighted by molar-refractivity contribution is 0.720. The molecule has 278 valence electrons. The lowest BCUT2D eigenvalue weighted by atomic mass is 9.67. The van der Waals surface area contributed by atoms with Crippen molar-refractivity contribution in [2.45, 2.75) is 15.2 Å². The van der Waals surface area contributed by atoms with Gasteiger partial charge in [-0.1, -0.05) is 109 Å². The number of fused-ring (bicyclic) bond motifs is 15. The van der Waals surface area contributed by atoms with Crippen LogP contribution in [0, 0.1) is 11.3 Å². The zero-order valence-electron chi connectivity index (χ0n) is 32.0. The van der Waals surface area contributed by atoms with E-state index in [2.05, 4.69) is 185 Å². The third-order valence-electron chi connectivity index (χ3n) is 12.7. The molecule has 5 heterocycles. The molecule has 60 heavy (non-hydrogen) atoms. The number of nitrogens with zero attached hydrogens (tertiary/aromatic N) is 5. The van der Waals surface area contributed by atoms with Crippen LogP contribution in [0.15, 0.2) is 198 Å². The molecule has 1 aliphatic heterocycles. The number of rotatable bonds is 3. The van der Waals surface area contributed by atoms with E-state index >= 15 is 0 Å². The molecule has 1 aliphatic carbocycles. The van der Waals surface area contributed by atoms with Crippen LogP contribution in [0.1, 0.15) is 27.8 Å². The van der Waals surface area contributed by atoms with E-state index in [-0.39, 0.29) is 0 Å². The van der Waals surface area contributed by atoms with Gasteiger partial charge in [-0.05, 0) is 112 Å². The molecule has 5 nitrogen and oxygen atoms in total. The van der Waals surface area contributed by atoms with E-state index in [1.807, 2.05) is 30.2 Å². The molecule has 0 saturated carbocycles. The summed E-state index contributed by atoms with van der Waals surface area (Å²) in [5, 5.41) is 15.3. The maximum absolute atomic E-state index is 10.6. The second-order valence-corrected chi connectivity index (χ2v) is 16.7. The minimum atomic E-state index is -0.560. The topological polar surface area (TPSA) is 59.4 Å². The zero-order valence-corrected chi connectivity index (χ0v) is 32.9. The van der Waals surface area contributed by atoms with Crippen LogP contribution in [-0.2, 0) is 5.41 Å². The van der Waals surface area contributed by atoms with Gasteiger partial charge in [0.15, 0.2) is 0 Å². The third kappa shape index (κ3) is 4.36. The quantitative estimate of drug-likeness (QED) is 0.179. The number of hydrogen-bond donors (Lipinski definition) is 0. The van der Waals surface area contributed by atoms with Gasteiger partial charge < -0.3 is 9.13 Å². The van der Waals surface area contributed by atoms with E-state index in [1.165, 1.54) is 42.8 Å². The van der Waals surface area contributed by atoms with Gasteiger partial charge in [0.25, 0.3) is 0 Å². The fraction of sp³-hybridized carbons (Fsp3) is 0.0185. The Bertz CT molecular complexity index is 3580. The molecular formula is C54H31N5S. The Morgan fingerprint density at radius 2 is 1.00 bits per heavy atom. The molecule has 1 spiro atoms. The van der Waals surface area contributed by atoms with E-state index in [0.29, 0.717) is 5.56 Å². The summed E-state index contributed by atoms with van der Waals surface area (Å²) in [5.41, 5.74) is 15.3. The predicted octanol–water partition coefficient (Wildman–Crippen LogP) is 13.0. The molecule has 4 aromatic heterocycles. The number of pyridine rings is 2. The van der Waals surface area contributed by atoms with Crippen LogP contribution in [0.2, 0.25) is 0 Å². The average Bonchev–Trinajstić information content (AvgIpc) is 3.93. The van der Waals surface area contributed by atoms with Crippen molar-refractivity contribution >= 4 is 55.4 Å². The predicted molar refractivity (Wildman–Crippen MR) is 242 cm³/mol. The van der Waals surface area contributed by atoms with E-state index in [1.54, 1.807) is 0 Å². The van der Waals surface area contributed by atoms with Crippen LogP contribution in [0.5, 0.6) is 0 Å². The Labute approximate surface area is 349 Å². The highest BCUT2D eigenvalue weighted by Gasteiger charge is 2.51. The van der Waals surface area contributed by atoms with Crippen molar-refractivity contribution in [3.05, 3.63) is 216 Å². The molecule has 0 fully saturated rings. The van der Waals surface area contributed by atoms with E-state index < -0.39 is 5.41 Å². The molecule has 7 aromatic carbocycles. The minimum absolute atomic E-state index is 0.560. The van der Waals surface area contributed by atoms with Crippen molar-refractivity contribution in [1.82, 2.24) is 19.1 Å².